The van der Waals surface area contributed by atoms with Gasteiger partial charge < -0.3 is 15.7 Å². The van der Waals surface area contributed by atoms with E-state index >= 15 is 0 Å². The first-order valence-electron chi connectivity index (χ1n) is 11.7. The number of likely N-dealkylation sites (tertiary alicyclic amines) is 1. The lowest BCUT2D eigenvalue weighted by atomic mass is 9.81. The zero-order chi connectivity index (χ0) is 23.6. The molecule has 1 fully saturated rings. The number of nitrogens with zero attached hydrogens (tertiary/aromatic N) is 2. The number of anilines is 2. The lowest BCUT2D eigenvalue weighted by molar-refractivity contribution is -0.131. The number of hydrogen-bond donors (Lipinski definition) is 3. The number of aromatic hydroxyl groups is 1. The molecular weight excluding hydrogens is 419 g/mol. The molecule has 3 N–H and O–H groups in total. The van der Waals surface area contributed by atoms with Crippen molar-refractivity contribution in [1.29, 1.82) is 5.26 Å². The van der Waals surface area contributed by atoms with E-state index in [0.717, 1.165) is 54.7 Å². The molecule has 1 saturated heterocycles. The Morgan fingerprint density at radius 2 is 2.09 bits per heavy atom. The van der Waals surface area contributed by atoms with Gasteiger partial charge in [-0.25, -0.2) is 4.39 Å². The van der Waals surface area contributed by atoms with Crippen molar-refractivity contribution in [1.82, 2.24) is 4.90 Å². The van der Waals surface area contributed by atoms with Gasteiger partial charge in [-0.1, -0.05) is 0 Å². The predicted molar refractivity (Wildman–Crippen MR) is 127 cm³/mol. The van der Waals surface area contributed by atoms with Gasteiger partial charge >= 0.3 is 0 Å². The van der Waals surface area contributed by atoms with E-state index < -0.39 is 5.54 Å². The maximum atomic E-state index is 14.7. The smallest absolute Gasteiger partial charge is 0.157 e. The first-order chi connectivity index (χ1) is 15.9. The molecule has 1 heterocycles. The second kappa shape index (κ2) is 9.40. The molecule has 0 aromatic heterocycles. The summed E-state index contributed by atoms with van der Waals surface area (Å²) in [5.41, 5.74) is 2.67. The summed E-state index contributed by atoms with van der Waals surface area (Å²) in [6, 6.07) is 10.0. The fourth-order valence-corrected chi connectivity index (χ4v) is 5.31. The number of benzene rings is 2. The minimum absolute atomic E-state index is 0.0542. The van der Waals surface area contributed by atoms with Crippen molar-refractivity contribution in [3.63, 3.8) is 0 Å². The molecule has 2 aromatic carbocycles. The summed E-state index contributed by atoms with van der Waals surface area (Å²) in [5, 5.41) is 25.8. The van der Waals surface area contributed by atoms with Crippen LogP contribution in [0.5, 0.6) is 5.75 Å². The molecule has 2 atom stereocenters. The molecule has 174 valence electrons. The third-order valence-electron chi connectivity index (χ3n) is 7.02. The van der Waals surface area contributed by atoms with E-state index in [1.165, 1.54) is 6.07 Å². The molecule has 6 nitrogen and oxygen atoms in total. The Morgan fingerprint density at radius 1 is 1.27 bits per heavy atom. The summed E-state index contributed by atoms with van der Waals surface area (Å²) in [5.74, 6) is -0.252. The topological polar surface area (TPSA) is 88.4 Å². The average molecular weight is 451 g/mol. The van der Waals surface area contributed by atoms with Crippen LogP contribution in [0.4, 0.5) is 15.8 Å². The number of ketones is 1. The molecule has 4 rings (SSSR count). The van der Waals surface area contributed by atoms with Crippen molar-refractivity contribution in [3.05, 3.63) is 52.8 Å². The molecular formula is C26H31FN4O2. The first kappa shape index (κ1) is 23.1. The minimum atomic E-state index is -0.898. The van der Waals surface area contributed by atoms with Crippen LogP contribution in [-0.4, -0.2) is 41.5 Å². The Bertz CT molecular complexity index is 1100. The van der Waals surface area contributed by atoms with Crippen LogP contribution in [-0.2, 0) is 16.8 Å². The lowest BCUT2D eigenvalue weighted by Gasteiger charge is -2.45. The monoisotopic (exact) mass is 450 g/mol. The van der Waals surface area contributed by atoms with E-state index in [1.807, 2.05) is 19.9 Å². The Hall–Kier alpha value is -3.11. The number of phenols is 1. The van der Waals surface area contributed by atoms with Crippen LogP contribution in [0.15, 0.2) is 30.3 Å². The number of nitrogens with one attached hydrogen (secondary N) is 2. The third-order valence-corrected chi connectivity index (χ3v) is 7.02. The number of Topliss-reactive ketones (excluding diaryl/α,β-unsaturated/α-hetero) is 1. The van der Waals surface area contributed by atoms with E-state index in [2.05, 4.69) is 15.5 Å². The zero-order valence-corrected chi connectivity index (χ0v) is 19.2. The highest BCUT2D eigenvalue weighted by molar-refractivity contribution is 5.91. The second-order valence-electron chi connectivity index (χ2n) is 9.13. The molecule has 0 spiro atoms. The average Bonchev–Trinajstić information content (AvgIpc) is 2.92. The fourth-order valence-electron chi connectivity index (χ4n) is 5.31. The SMILES string of the molecule is CCNc1cc(F)cc2c1CCCC(=O)C2(C)N1CCC[C@@H](Nc2ccc(C#N)c(O)c2)C1. The summed E-state index contributed by atoms with van der Waals surface area (Å²) >= 11 is 0. The number of carbonyl (C=O) groups excluding carboxylic acids is 1. The maximum absolute atomic E-state index is 14.7. The summed E-state index contributed by atoms with van der Waals surface area (Å²) < 4.78 is 14.7. The van der Waals surface area contributed by atoms with Crippen LogP contribution in [0.1, 0.15) is 56.2 Å². The molecule has 33 heavy (non-hydrogen) atoms. The molecule has 2 aliphatic rings. The highest BCUT2D eigenvalue weighted by Gasteiger charge is 2.45. The van der Waals surface area contributed by atoms with Crippen molar-refractivity contribution in [2.45, 2.75) is 57.5 Å². The second-order valence-corrected chi connectivity index (χ2v) is 9.13. The van der Waals surface area contributed by atoms with Crippen LogP contribution in [0, 0.1) is 17.1 Å². The van der Waals surface area contributed by atoms with Gasteiger partial charge in [0.2, 0.25) is 0 Å². The number of carbonyl (C=O) groups is 1. The van der Waals surface area contributed by atoms with Gasteiger partial charge in [-0.15, -0.1) is 0 Å². The summed E-state index contributed by atoms with van der Waals surface area (Å²) in [7, 11) is 0. The maximum Gasteiger partial charge on any atom is 0.157 e. The van der Waals surface area contributed by atoms with Crippen LogP contribution in [0.2, 0.25) is 0 Å². The lowest BCUT2D eigenvalue weighted by Crippen LogP contribution is -2.55. The zero-order valence-electron chi connectivity index (χ0n) is 19.2. The summed E-state index contributed by atoms with van der Waals surface area (Å²) in [4.78, 5) is 15.7. The van der Waals surface area contributed by atoms with Crippen LogP contribution in [0.3, 0.4) is 0 Å². The van der Waals surface area contributed by atoms with Crippen molar-refractivity contribution in [2.75, 3.05) is 30.3 Å². The van der Waals surface area contributed by atoms with E-state index in [9.17, 15) is 14.3 Å². The minimum Gasteiger partial charge on any atom is -0.506 e. The van der Waals surface area contributed by atoms with Gasteiger partial charge in [0.15, 0.2) is 5.78 Å². The number of halogens is 1. The number of nitriles is 1. The molecule has 0 bridgehead atoms. The van der Waals surface area contributed by atoms with E-state index in [0.29, 0.717) is 19.5 Å². The van der Waals surface area contributed by atoms with Gasteiger partial charge in [0.25, 0.3) is 0 Å². The van der Waals surface area contributed by atoms with Gasteiger partial charge in [0.05, 0.1) is 5.56 Å². The van der Waals surface area contributed by atoms with Crippen LogP contribution in [0.25, 0.3) is 0 Å². The fraction of sp³-hybridized carbons (Fsp3) is 0.462. The molecule has 0 radical (unpaired) electrons. The van der Waals surface area contributed by atoms with Crippen molar-refractivity contribution in [3.8, 4) is 11.8 Å². The Kier molecular flexibility index (Phi) is 6.57. The van der Waals surface area contributed by atoms with Crippen molar-refractivity contribution < 1.29 is 14.3 Å². The molecule has 2 aromatic rings. The number of fused-ring (bicyclic) bond motifs is 1. The van der Waals surface area contributed by atoms with Gasteiger partial charge in [-0.2, -0.15) is 5.26 Å². The number of piperidine rings is 1. The van der Waals surface area contributed by atoms with Crippen molar-refractivity contribution >= 4 is 17.2 Å². The summed E-state index contributed by atoms with van der Waals surface area (Å²) in [6.45, 7) is 6.00. The molecule has 7 heteroatoms. The van der Waals surface area contributed by atoms with Gasteiger partial charge in [0, 0.05) is 43.0 Å². The van der Waals surface area contributed by atoms with Crippen LogP contribution < -0.4 is 10.6 Å². The number of rotatable bonds is 5. The van der Waals surface area contributed by atoms with E-state index in [4.69, 9.17) is 5.26 Å². The van der Waals surface area contributed by atoms with Gasteiger partial charge in [-0.3, -0.25) is 9.69 Å². The van der Waals surface area contributed by atoms with E-state index in [-0.39, 0.29) is 29.0 Å². The predicted octanol–water partition coefficient (Wildman–Crippen LogP) is 4.53. The van der Waals surface area contributed by atoms with Crippen molar-refractivity contribution in [2.24, 2.45) is 0 Å². The Balaban J connectivity index is 1.65. The molecule has 0 amide bonds. The normalized spacial score (nSPS) is 23.3. The Labute approximate surface area is 194 Å². The standard InChI is InChI=1S/C26H31FN4O2/c1-3-29-23-13-18(27)12-22-21(23)7-4-8-25(33)26(22,2)31-11-5-6-20(16-31)30-19-10-9-17(15-28)24(32)14-19/h9-10,12-14,20,29-30,32H,3-8,11,16H2,1-2H3/t20-,26?/m1/s1. The Morgan fingerprint density at radius 3 is 2.82 bits per heavy atom. The van der Waals surface area contributed by atoms with Crippen LogP contribution >= 0.6 is 0 Å². The quantitative estimate of drug-likeness (QED) is 0.580. The third kappa shape index (κ3) is 4.40. The van der Waals surface area contributed by atoms with Gasteiger partial charge in [0.1, 0.15) is 23.2 Å². The molecule has 1 aliphatic carbocycles. The van der Waals surface area contributed by atoms with E-state index in [1.54, 1.807) is 24.3 Å². The first-order valence-corrected chi connectivity index (χ1v) is 11.7. The molecule has 1 aliphatic heterocycles. The summed E-state index contributed by atoms with van der Waals surface area (Å²) in [6.07, 6.45) is 3.79. The number of phenolic OH excluding ortho intramolecular Hbond substituents is 1. The molecule has 1 unspecified atom stereocenters. The largest absolute Gasteiger partial charge is 0.506 e. The van der Waals surface area contributed by atoms with Gasteiger partial charge in [-0.05, 0) is 81.5 Å². The highest BCUT2D eigenvalue weighted by Crippen LogP contribution is 2.41. The number of hydrogen-bond acceptors (Lipinski definition) is 6. The molecule has 0 saturated carbocycles. The highest BCUT2D eigenvalue weighted by atomic mass is 19.1.